The fourth-order valence-corrected chi connectivity index (χ4v) is 7.01. The molecule has 2 aromatic carbocycles. The Bertz CT molecular complexity index is 1440. The van der Waals surface area contributed by atoms with Crippen molar-refractivity contribution in [2.75, 3.05) is 46.4 Å². The molecule has 0 unspecified atom stereocenters. The number of piperidine rings is 2. The van der Waals surface area contributed by atoms with Crippen LogP contribution in [0.1, 0.15) is 49.0 Å². The Morgan fingerprint density at radius 1 is 0.953 bits per heavy atom. The third-order valence-electron chi connectivity index (χ3n) is 8.94. The zero-order valence-electron chi connectivity index (χ0n) is 25.0. The average molecular weight is 627 g/mol. The SMILES string of the molecule is CNCCCOc1ccc(-c2c(-c3ccc(Cl)cc3Cl)cc(C(=O)N3CCC(C(N)=O)(N4CCCCC4)CC3)n2C)cc1. The van der Waals surface area contributed by atoms with Gasteiger partial charge in [-0.05, 0) is 107 Å². The number of carbonyl (C=O) groups excluding carboxylic acids is 2. The molecule has 230 valence electrons. The molecule has 0 spiro atoms. The highest BCUT2D eigenvalue weighted by Gasteiger charge is 2.46. The van der Waals surface area contributed by atoms with Crippen LogP contribution in [0.2, 0.25) is 10.0 Å². The van der Waals surface area contributed by atoms with Crippen molar-refractivity contribution in [3.63, 3.8) is 0 Å². The van der Waals surface area contributed by atoms with Crippen LogP contribution in [-0.4, -0.2) is 78.1 Å². The maximum absolute atomic E-state index is 14.1. The third-order valence-corrected chi connectivity index (χ3v) is 9.49. The van der Waals surface area contributed by atoms with Gasteiger partial charge in [0.1, 0.15) is 17.0 Å². The summed E-state index contributed by atoms with van der Waals surface area (Å²) >= 11 is 12.9. The molecule has 2 saturated heterocycles. The molecule has 0 saturated carbocycles. The second kappa shape index (κ2) is 13.7. The van der Waals surface area contributed by atoms with Gasteiger partial charge >= 0.3 is 0 Å². The van der Waals surface area contributed by atoms with Gasteiger partial charge in [0.05, 0.1) is 12.3 Å². The van der Waals surface area contributed by atoms with Crippen LogP contribution in [-0.2, 0) is 11.8 Å². The Morgan fingerprint density at radius 2 is 1.65 bits per heavy atom. The van der Waals surface area contributed by atoms with E-state index in [1.807, 2.05) is 60.0 Å². The van der Waals surface area contributed by atoms with E-state index in [-0.39, 0.29) is 11.8 Å². The van der Waals surface area contributed by atoms with E-state index in [4.69, 9.17) is 33.7 Å². The van der Waals surface area contributed by atoms with Crippen molar-refractivity contribution in [3.05, 3.63) is 64.3 Å². The van der Waals surface area contributed by atoms with Crippen LogP contribution < -0.4 is 15.8 Å². The summed E-state index contributed by atoms with van der Waals surface area (Å²) in [5.74, 6) is 0.425. The molecule has 2 aliphatic heterocycles. The second-order valence-corrected chi connectivity index (χ2v) is 12.4. The zero-order valence-corrected chi connectivity index (χ0v) is 26.5. The molecular formula is C33H41Cl2N5O3. The number of nitrogens with two attached hydrogens (primary N) is 1. The van der Waals surface area contributed by atoms with Gasteiger partial charge in [0.2, 0.25) is 5.91 Å². The van der Waals surface area contributed by atoms with Crippen molar-refractivity contribution in [1.29, 1.82) is 0 Å². The van der Waals surface area contributed by atoms with Crippen LogP contribution in [0.25, 0.3) is 22.4 Å². The smallest absolute Gasteiger partial charge is 0.270 e. The van der Waals surface area contributed by atoms with Crippen molar-refractivity contribution >= 4 is 35.0 Å². The van der Waals surface area contributed by atoms with Gasteiger partial charge in [-0.15, -0.1) is 0 Å². The van der Waals surface area contributed by atoms with Crippen LogP contribution in [0.15, 0.2) is 48.5 Å². The van der Waals surface area contributed by atoms with E-state index >= 15 is 0 Å². The molecule has 3 heterocycles. The van der Waals surface area contributed by atoms with Gasteiger partial charge in [0, 0.05) is 41.3 Å². The fraction of sp³-hybridized carbons (Fsp3) is 0.455. The lowest BCUT2D eigenvalue weighted by Gasteiger charge is -2.48. The molecule has 1 aromatic heterocycles. The molecule has 43 heavy (non-hydrogen) atoms. The molecule has 3 aromatic rings. The molecule has 10 heteroatoms. The number of rotatable bonds is 10. The van der Waals surface area contributed by atoms with E-state index in [0.717, 1.165) is 67.0 Å². The summed E-state index contributed by atoms with van der Waals surface area (Å²) in [5.41, 5.74) is 9.29. The fourth-order valence-electron chi connectivity index (χ4n) is 6.50. The summed E-state index contributed by atoms with van der Waals surface area (Å²) in [4.78, 5) is 30.9. The number of primary amides is 1. The largest absolute Gasteiger partial charge is 0.494 e. The summed E-state index contributed by atoms with van der Waals surface area (Å²) in [7, 11) is 3.83. The van der Waals surface area contributed by atoms with Gasteiger partial charge < -0.3 is 25.3 Å². The number of halogens is 2. The minimum atomic E-state index is -0.685. The molecule has 0 radical (unpaired) electrons. The van der Waals surface area contributed by atoms with Crippen molar-refractivity contribution in [2.45, 2.75) is 44.1 Å². The monoisotopic (exact) mass is 625 g/mol. The number of aromatic nitrogens is 1. The summed E-state index contributed by atoms with van der Waals surface area (Å²) in [5, 5.41) is 4.18. The predicted octanol–water partition coefficient (Wildman–Crippen LogP) is 5.60. The molecular weight excluding hydrogens is 585 g/mol. The van der Waals surface area contributed by atoms with E-state index in [9.17, 15) is 9.59 Å². The lowest BCUT2D eigenvalue weighted by molar-refractivity contribution is -0.134. The number of likely N-dealkylation sites (tertiary alicyclic amines) is 2. The van der Waals surface area contributed by atoms with E-state index < -0.39 is 5.54 Å². The highest BCUT2D eigenvalue weighted by Crippen LogP contribution is 2.40. The Balaban J connectivity index is 1.44. The first-order valence-electron chi connectivity index (χ1n) is 15.1. The van der Waals surface area contributed by atoms with Crippen LogP contribution in [0.4, 0.5) is 0 Å². The summed E-state index contributed by atoms with van der Waals surface area (Å²) in [6.07, 6.45) is 5.31. The van der Waals surface area contributed by atoms with Crippen LogP contribution in [0, 0.1) is 0 Å². The van der Waals surface area contributed by atoms with E-state index in [2.05, 4.69) is 10.2 Å². The molecule has 2 aliphatic rings. The molecule has 2 amide bonds. The topological polar surface area (TPSA) is 92.8 Å². The maximum atomic E-state index is 14.1. The number of amides is 2. The quantitative estimate of drug-likeness (QED) is 0.286. The first-order chi connectivity index (χ1) is 20.7. The van der Waals surface area contributed by atoms with Crippen LogP contribution >= 0.6 is 23.2 Å². The number of benzene rings is 2. The van der Waals surface area contributed by atoms with Crippen molar-refractivity contribution in [2.24, 2.45) is 12.8 Å². The molecule has 3 N–H and O–H groups in total. The summed E-state index contributed by atoms with van der Waals surface area (Å²) < 4.78 is 7.83. The summed E-state index contributed by atoms with van der Waals surface area (Å²) in [6, 6.07) is 15.2. The van der Waals surface area contributed by atoms with Gasteiger partial charge in [-0.3, -0.25) is 14.5 Å². The van der Waals surface area contributed by atoms with Crippen LogP contribution in [0.5, 0.6) is 5.75 Å². The zero-order chi connectivity index (χ0) is 30.6. The van der Waals surface area contributed by atoms with Crippen molar-refractivity contribution in [1.82, 2.24) is 19.7 Å². The molecule has 0 aliphatic carbocycles. The van der Waals surface area contributed by atoms with E-state index in [0.29, 0.717) is 48.3 Å². The van der Waals surface area contributed by atoms with Crippen molar-refractivity contribution < 1.29 is 14.3 Å². The van der Waals surface area contributed by atoms with Gasteiger partial charge in [-0.25, -0.2) is 0 Å². The van der Waals surface area contributed by atoms with Gasteiger partial charge in [0.15, 0.2) is 0 Å². The number of nitrogens with zero attached hydrogens (tertiary/aromatic N) is 3. The Morgan fingerprint density at radius 3 is 2.28 bits per heavy atom. The van der Waals surface area contributed by atoms with Gasteiger partial charge in [0.25, 0.3) is 5.91 Å². The van der Waals surface area contributed by atoms with Crippen LogP contribution in [0.3, 0.4) is 0 Å². The number of carbonyl (C=O) groups is 2. The number of hydrogen-bond acceptors (Lipinski definition) is 5. The first kappa shape index (κ1) is 31.4. The Kier molecular flexibility index (Phi) is 10.0. The van der Waals surface area contributed by atoms with Gasteiger partial charge in [-0.2, -0.15) is 0 Å². The average Bonchev–Trinajstić information content (AvgIpc) is 3.36. The number of hydrogen-bond donors (Lipinski definition) is 2. The van der Waals surface area contributed by atoms with E-state index in [1.165, 1.54) is 6.42 Å². The van der Waals surface area contributed by atoms with E-state index in [1.54, 1.807) is 12.1 Å². The summed E-state index contributed by atoms with van der Waals surface area (Å²) in [6.45, 7) is 4.21. The minimum Gasteiger partial charge on any atom is -0.494 e. The second-order valence-electron chi connectivity index (χ2n) is 11.5. The number of nitrogens with one attached hydrogen (secondary N) is 1. The standard InChI is InChI=1S/C33H41Cl2N5O3/c1-37-15-6-20-43-25-10-7-23(8-11-25)30-27(26-12-9-24(34)21-28(26)35)22-29(38(30)2)31(41)39-18-13-33(14-19-39,32(36)42)40-16-4-3-5-17-40/h7-12,21-22,37H,3-6,13-20H2,1-2H3,(H2,36,42). The van der Waals surface area contributed by atoms with Gasteiger partial charge in [-0.1, -0.05) is 35.7 Å². The van der Waals surface area contributed by atoms with Crippen molar-refractivity contribution in [3.8, 4) is 28.1 Å². The molecule has 5 rings (SSSR count). The lowest BCUT2D eigenvalue weighted by atomic mass is 9.83. The predicted molar refractivity (Wildman–Crippen MR) is 173 cm³/mol. The normalized spacial score (nSPS) is 17.2. The molecule has 8 nitrogen and oxygen atoms in total. The number of ether oxygens (including phenoxy) is 1. The first-order valence-corrected chi connectivity index (χ1v) is 15.9. The Hall–Kier alpha value is -3.04. The maximum Gasteiger partial charge on any atom is 0.270 e. The highest BCUT2D eigenvalue weighted by molar-refractivity contribution is 6.36. The molecule has 0 bridgehead atoms. The lowest BCUT2D eigenvalue weighted by Crippen LogP contribution is -2.63. The minimum absolute atomic E-state index is 0.0821. The molecule has 0 atom stereocenters. The Labute approximate surface area is 264 Å². The third kappa shape index (κ3) is 6.58. The molecule has 2 fully saturated rings. The highest BCUT2D eigenvalue weighted by atomic mass is 35.5.